The Morgan fingerprint density at radius 2 is 1.66 bits per heavy atom. The van der Waals surface area contributed by atoms with Crippen molar-refractivity contribution in [1.82, 2.24) is 0 Å². The molecule has 0 bridgehead atoms. The van der Waals surface area contributed by atoms with E-state index in [1.807, 2.05) is 12.1 Å². The number of aliphatic hydroxyl groups is 1. The first-order valence-electron chi connectivity index (χ1n) is 11.3. The lowest BCUT2D eigenvalue weighted by atomic mass is 10.1. The largest absolute Gasteiger partial charge is 0.506 e. The van der Waals surface area contributed by atoms with Gasteiger partial charge in [-0.1, -0.05) is 76.9 Å². The van der Waals surface area contributed by atoms with E-state index in [2.05, 4.69) is 4.99 Å². The SMILES string of the molecule is CCOC(=O)C1=C(O)/C(=C/c2cc(Cl)c(OCc3ccc(Cl)cc3)c(Cl)c2)SC1=NC(=O)c1ccccc1. The van der Waals surface area contributed by atoms with E-state index in [0.717, 1.165) is 17.3 Å². The second-order valence-electron chi connectivity index (χ2n) is 7.87. The lowest BCUT2D eigenvalue weighted by Crippen LogP contribution is -2.14. The zero-order valence-corrected chi connectivity index (χ0v) is 23.0. The average Bonchev–Trinajstić information content (AvgIpc) is 3.19. The third-order valence-electron chi connectivity index (χ3n) is 5.21. The minimum atomic E-state index is -0.789. The van der Waals surface area contributed by atoms with Gasteiger partial charge in [0.2, 0.25) is 0 Å². The molecule has 0 atom stereocenters. The molecule has 10 heteroatoms. The van der Waals surface area contributed by atoms with Crippen LogP contribution < -0.4 is 4.74 Å². The minimum Gasteiger partial charge on any atom is -0.506 e. The molecule has 0 saturated heterocycles. The fourth-order valence-electron chi connectivity index (χ4n) is 3.42. The highest BCUT2D eigenvalue weighted by molar-refractivity contribution is 8.18. The van der Waals surface area contributed by atoms with Gasteiger partial charge in [0.15, 0.2) is 5.75 Å². The number of nitrogens with zero attached hydrogens (tertiary/aromatic N) is 1. The number of ether oxygens (including phenoxy) is 2. The fourth-order valence-corrected chi connectivity index (χ4v) is 5.17. The lowest BCUT2D eigenvalue weighted by molar-refractivity contribution is -0.138. The molecule has 0 radical (unpaired) electrons. The van der Waals surface area contributed by atoms with E-state index in [1.54, 1.807) is 67.6 Å². The maximum Gasteiger partial charge on any atom is 0.344 e. The monoisotopic (exact) mass is 587 g/mol. The Hall–Kier alpha value is -3.23. The number of benzene rings is 3. The molecule has 3 aromatic rings. The Bertz CT molecular complexity index is 1440. The van der Waals surface area contributed by atoms with Gasteiger partial charge in [0.25, 0.3) is 5.91 Å². The molecule has 0 saturated carbocycles. The molecule has 3 aromatic carbocycles. The number of aliphatic hydroxyl groups excluding tert-OH is 1. The maximum absolute atomic E-state index is 12.7. The van der Waals surface area contributed by atoms with Crippen LogP contribution in [0.1, 0.15) is 28.4 Å². The van der Waals surface area contributed by atoms with Crippen molar-refractivity contribution >= 4 is 69.6 Å². The molecule has 0 aliphatic carbocycles. The molecule has 0 spiro atoms. The Kier molecular flexibility index (Phi) is 9.17. The smallest absolute Gasteiger partial charge is 0.344 e. The minimum absolute atomic E-state index is 0.0289. The summed E-state index contributed by atoms with van der Waals surface area (Å²) in [6, 6.07) is 18.8. The number of hydrogen-bond acceptors (Lipinski definition) is 6. The third-order valence-corrected chi connectivity index (χ3v) is 7.04. The average molecular weight is 589 g/mol. The maximum atomic E-state index is 12.7. The summed E-state index contributed by atoms with van der Waals surface area (Å²) in [5.74, 6) is -1.41. The molecular formula is C28H20Cl3NO5S. The summed E-state index contributed by atoms with van der Waals surface area (Å²) < 4.78 is 10.9. The quantitative estimate of drug-likeness (QED) is 0.282. The summed E-state index contributed by atoms with van der Waals surface area (Å²) >= 11 is 19.8. The molecule has 38 heavy (non-hydrogen) atoms. The van der Waals surface area contributed by atoms with Crippen LogP contribution in [0.5, 0.6) is 5.75 Å². The summed E-state index contributed by atoms with van der Waals surface area (Å²) in [6.07, 6.45) is 1.58. The molecule has 4 rings (SSSR count). The van der Waals surface area contributed by atoms with E-state index < -0.39 is 11.9 Å². The van der Waals surface area contributed by atoms with Crippen LogP contribution in [-0.4, -0.2) is 28.6 Å². The normalized spacial score (nSPS) is 15.3. The number of hydrogen-bond donors (Lipinski definition) is 1. The van der Waals surface area contributed by atoms with Gasteiger partial charge in [-0.3, -0.25) is 4.79 Å². The molecule has 6 nitrogen and oxygen atoms in total. The van der Waals surface area contributed by atoms with E-state index >= 15 is 0 Å². The lowest BCUT2D eigenvalue weighted by Gasteiger charge is -2.11. The number of carbonyl (C=O) groups excluding carboxylic acids is 2. The summed E-state index contributed by atoms with van der Waals surface area (Å²) in [5, 5.41) is 12.0. The van der Waals surface area contributed by atoms with Crippen LogP contribution in [0.3, 0.4) is 0 Å². The number of amides is 1. The first kappa shape index (κ1) is 27.8. The standard InChI is InChI=1S/C28H20Cl3NO5S/c1-2-36-28(35)23-24(33)22(38-27(23)32-26(34)18-6-4-3-5-7-18)14-17-12-20(30)25(21(31)13-17)37-15-16-8-10-19(29)11-9-16/h3-14,33H,2,15H2,1H3/b22-14-,32-27?. The van der Waals surface area contributed by atoms with Crippen molar-refractivity contribution < 1.29 is 24.2 Å². The molecule has 1 aliphatic rings. The van der Waals surface area contributed by atoms with Gasteiger partial charge in [-0.05, 0) is 60.5 Å². The van der Waals surface area contributed by atoms with Crippen molar-refractivity contribution in [2.45, 2.75) is 13.5 Å². The van der Waals surface area contributed by atoms with Crippen molar-refractivity contribution in [3.8, 4) is 5.75 Å². The van der Waals surface area contributed by atoms with Crippen molar-refractivity contribution in [2.75, 3.05) is 6.61 Å². The second-order valence-corrected chi connectivity index (χ2v) is 10.2. The molecule has 0 fully saturated rings. The van der Waals surface area contributed by atoms with Crippen LogP contribution in [-0.2, 0) is 16.1 Å². The van der Waals surface area contributed by atoms with E-state index in [0.29, 0.717) is 21.9 Å². The Labute approximate surface area is 238 Å². The zero-order valence-electron chi connectivity index (χ0n) is 19.9. The van der Waals surface area contributed by atoms with E-state index in [-0.39, 0.29) is 44.5 Å². The Morgan fingerprint density at radius 1 is 1.00 bits per heavy atom. The number of rotatable bonds is 7. The topological polar surface area (TPSA) is 85.2 Å². The molecule has 0 aromatic heterocycles. The van der Waals surface area contributed by atoms with Crippen LogP contribution in [0, 0.1) is 0 Å². The van der Waals surface area contributed by atoms with Gasteiger partial charge in [-0.2, -0.15) is 0 Å². The van der Waals surface area contributed by atoms with Gasteiger partial charge >= 0.3 is 5.97 Å². The van der Waals surface area contributed by atoms with Gasteiger partial charge in [-0.25, -0.2) is 9.79 Å². The van der Waals surface area contributed by atoms with Gasteiger partial charge in [-0.15, -0.1) is 0 Å². The van der Waals surface area contributed by atoms with Crippen molar-refractivity contribution in [3.63, 3.8) is 0 Å². The van der Waals surface area contributed by atoms with Crippen molar-refractivity contribution in [3.05, 3.63) is 115 Å². The van der Waals surface area contributed by atoms with E-state index in [1.165, 1.54) is 0 Å². The molecule has 1 N–H and O–H groups in total. The fraction of sp³-hybridized carbons (Fsp3) is 0.107. The first-order valence-corrected chi connectivity index (χ1v) is 13.3. The highest BCUT2D eigenvalue weighted by atomic mass is 35.5. The first-order chi connectivity index (χ1) is 18.3. The molecule has 1 heterocycles. The van der Waals surface area contributed by atoms with Gasteiger partial charge in [0, 0.05) is 10.6 Å². The van der Waals surface area contributed by atoms with Crippen LogP contribution in [0.15, 0.2) is 88.0 Å². The molecule has 194 valence electrons. The summed E-state index contributed by atoms with van der Waals surface area (Å²) in [7, 11) is 0. The van der Waals surface area contributed by atoms with Crippen molar-refractivity contribution in [1.29, 1.82) is 0 Å². The highest BCUT2D eigenvalue weighted by Gasteiger charge is 2.34. The highest BCUT2D eigenvalue weighted by Crippen LogP contribution is 2.41. The molecule has 0 unspecified atom stereocenters. The van der Waals surface area contributed by atoms with Crippen LogP contribution in [0.2, 0.25) is 15.1 Å². The summed E-state index contributed by atoms with van der Waals surface area (Å²) in [4.78, 5) is 29.6. The molecular weight excluding hydrogens is 569 g/mol. The summed E-state index contributed by atoms with van der Waals surface area (Å²) in [6.45, 7) is 1.96. The zero-order chi connectivity index (χ0) is 27.2. The third kappa shape index (κ3) is 6.60. The predicted octanol–water partition coefficient (Wildman–Crippen LogP) is 7.93. The number of carbonyl (C=O) groups is 2. The van der Waals surface area contributed by atoms with Crippen LogP contribution >= 0.6 is 46.6 Å². The van der Waals surface area contributed by atoms with Crippen LogP contribution in [0.4, 0.5) is 0 Å². The Balaban J connectivity index is 1.62. The van der Waals surface area contributed by atoms with Gasteiger partial charge in [0.1, 0.15) is 23.0 Å². The summed E-state index contributed by atoms with van der Waals surface area (Å²) in [5.41, 5.74) is 1.57. The van der Waals surface area contributed by atoms with Gasteiger partial charge in [0.05, 0.1) is 21.6 Å². The number of halogens is 3. The number of thioether (sulfide) groups is 1. The predicted molar refractivity (Wildman–Crippen MR) is 152 cm³/mol. The van der Waals surface area contributed by atoms with Gasteiger partial charge < -0.3 is 14.6 Å². The molecule has 1 aliphatic heterocycles. The van der Waals surface area contributed by atoms with E-state index in [9.17, 15) is 14.7 Å². The van der Waals surface area contributed by atoms with Crippen molar-refractivity contribution in [2.24, 2.45) is 4.99 Å². The second kappa shape index (κ2) is 12.5. The molecule has 1 amide bonds. The number of esters is 1. The number of aliphatic imine (C=N–C) groups is 1. The van der Waals surface area contributed by atoms with E-state index in [4.69, 9.17) is 44.3 Å². The van der Waals surface area contributed by atoms with Crippen LogP contribution in [0.25, 0.3) is 6.08 Å². The Morgan fingerprint density at radius 3 is 2.29 bits per heavy atom.